The van der Waals surface area contributed by atoms with Crippen LogP contribution >= 0.6 is 0 Å². The van der Waals surface area contributed by atoms with Crippen LogP contribution in [0.15, 0.2) is 0 Å². The van der Waals surface area contributed by atoms with Crippen LogP contribution in [0.4, 0.5) is 0 Å². The standard InChI is InChI=1S/C13H24N2O/c14-10-13(4-1-6-16-7-5-13)15-9-11-2-3-12(15)8-11/h11-12H,1-10,14H2. The van der Waals surface area contributed by atoms with Crippen molar-refractivity contribution >= 4 is 0 Å². The van der Waals surface area contributed by atoms with E-state index >= 15 is 0 Å². The average molecular weight is 224 g/mol. The van der Waals surface area contributed by atoms with Crippen LogP contribution in [0.25, 0.3) is 0 Å². The second-order valence-corrected chi connectivity index (χ2v) is 5.88. The Kier molecular flexibility index (Phi) is 2.94. The normalized spacial score (nSPS) is 44.8. The first-order chi connectivity index (χ1) is 7.84. The molecule has 0 aromatic rings. The van der Waals surface area contributed by atoms with E-state index in [0.29, 0.717) is 0 Å². The lowest BCUT2D eigenvalue weighted by Crippen LogP contribution is -2.56. The molecule has 2 aliphatic heterocycles. The summed E-state index contributed by atoms with van der Waals surface area (Å²) in [7, 11) is 0. The van der Waals surface area contributed by atoms with E-state index in [-0.39, 0.29) is 5.54 Å². The van der Waals surface area contributed by atoms with Gasteiger partial charge < -0.3 is 10.5 Å². The Bertz CT molecular complexity index is 248. The van der Waals surface area contributed by atoms with E-state index in [2.05, 4.69) is 4.90 Å². The minimum atomic E-state index is 0.274. The Morgan fingerprint density at radius 1 is 1.25 bits per heavy atom. The van der Waals surface area contributed by atoms with Gasteiger partial charge in [0.15, 0.2) is 0 Å². The zero-order valence-corrected chi connectivity index (χ0v) is 10.2. The minimum absolute atomic E-state index is 0.274. The summed E-state index contributed by atoms with van der Waals surface area (Å²) in [5, 5.41) is 0. The van der Waals surface area contributed by atoms with Gasteiger partial charge >= 0.3 is 0 Å². The molecular formula is C13H24N2O. The van der Waals surface area contributed by atoms with E-state index in [1.807, 2.05) is 0 Å². The lowest BCUT2D eigenvalue weighted by molar-refractivity contribution is 0.0407. The lowest BCUT2D eigenvalue weighted by atomic mass is 9.86. The highest BCUT2D eigenvalue weighted by molar-refractivity contribution is 5.03. The summed E-state index contributed by atoms with van der Waals surface area (Å²) in [5.41, 5.74) is 6.40. The molecule has 1 aliphatic carbocycles. The summed E-state index contributed by atoms with van der Waals surface area (Å²) in [6, 6.07) is 0.839. The highest BCUT2D eigenvalue weighted by Gasteiger charge is 2.47. The Labute approximate surface area is 98.3 Å². The molecule has 16 heavy (non-hydrogen) atoms. The van der Waals surface area contributed by atoms with E-state index in [0.717, 1.165) is 38.1 Å². The fraction of sp³-hybridized carbons (Fsp3) is 1.00. The number of piperidine rings is 1. The number of ether oxygens (including phenoxy) is 1. The largest absolute Gasteiger partial charge is 0.381 e. The van der Waals surface area contributed by atoms with Crippen LogP contribution in [0.2, 0.25) is 0 Å². The number of likely N-dealkylation sites (tertiary alicyclic amines) is 1. The Balaban J connectivity index is 1.78. The van der Waals surface area contributed by atoms with Crippen LogP contribution in [0.1, 0.15) is 38.5 Å². The number of nitrogens with two attached hydrogens (primary N) is 1. The second-order valence-electron chi connectivity index (χ2n) is 5.88. The predicted octanol–water partition coefficient (Wildman–Crippen LogP) is 1.37. The lowest BCUT2D eigenvalue weighted by Gasteiger charge is -2.45. The third kappa shape index (κ3) is 1.69. The van der Waals surface area contributed by atoms with E-state index < -0.39 is 0 Å². The first-order valence-corrected chi connectivity index (χ1v) is 6.89. The van der Waals surface area contributed by atoms with Gasteiger partial charge in [-0.2, -0.15) is 0 Å². The number of hydrogen-bond acceptors (Lipinski definition) is 3. The molecule has 2 heterocycles. The number of fused-ring (bicyclic) bond motifs is 2. The summed E-state index contributed by atoms with van der Waals surface area (Å²) >= 11 is 0. The van der Waals surface area contributed by atoms with Crippen molar-refractivity contribution in [3.05, 3.63) is 0 Å². The third-order valence-electron chi connectivity index (χ3n) is 5.04. The van der Waals surface area contributed by atoms with Crippen LogP contribution in [-0.4, -0.2) is 42.8 Å². The molecule has 2 bridgehead atoms. The zero-order valence-electron chi connectivity index (χ0n) is 10.2. The quantitative estimate of drug-likeness (QED) is 0.770. The molecule has 3 unspecified atom stereocenters. The first-order valence-electron chi connectivity index (χ1n) is 6.89. The van der Waals surface area contributed by atoms with Gasteiger partial charge in [0.2, 0.25) is 0 Å². The molecule has 3 nitrogen and oxygen atoms in total. The molecule has 0 radical (unpaired) electrons. The molecule has 3 fully saturated rings. The minimum Gasteiger partial charge on any atom is -0.381 e. The van der Waals surface area contributed by atoms with E-state index in [4.69, 9.17) is 10.5 Å². The van der Waals surface area contributed by atoms with Crippen molar-refractivity contribution in [3.8, 4) is 0 Å². The molecule has 3 rings (SSSR count). The van der Waals surface area contributed by atoms with Crippen molar-refractivity contribution in [3.63, 3.8) is 0 Å². The maximum atomic E-state index is 6.12. The Morgan fingerprint density at radius 3 is 2.88 bits per heavy atom. The van der Waals surface area contributed by atoms with Gasteiger partial charge in [0.25, 0.3) is 0 Å². The maximum Gasteiger partial charge on any atom is 0.0484 e. The second kappa shape index (κ2) is 4.28. The van der Waals surface area contributed by atoms with Gasteiger partial charge in [-0.1, -0.05) is 0 Å². The van der Waals surface area contributed by atoms with Crippen molar-refractivity contribution in [1.82, 2.24) is 4.90 Å². The Hall–Kier alpha value is -0.120. The molecule has 0 spiro atoms. The summed E-state index contributed by atoms with van der Waals surface area (Å²) in [6.45, 7) is 3.97. The van der Waals surface area contributed by atoms with Crippen molar-refractivity contribution in [1.29, 1.82) is 0 Å². The molecule has 2 N–H and O–H groups in total. The molecule has 3 heteroatoms. The van der Waals surface area contributed by atoms with Crippen LogP contribution in [0.5, 0.6) is 0 Å². The van der Waals surface area contributed by atoms with Gasteiger partial charge in [0, 0.05) is 37.9 Å². The van der Waals surface area contributed by atoms with Gasteiger partial charge in [-0.25, -0.2) is 0 Å². The van der Waals surface area contributed by atoms with Crippen LogP contribution in [0, 0.1) is 5.92 Å². The van der Waals surface area contributed by atoms with E-state index in [1.165, 1.54) is 38.6 Å². The number of rotatable bonds is 2. The molecule has 2 saturated heterocycles. The van der Waals surface area contributed by atoms with Crippen LogP contribution in [0.3, 0.4) is 0 Å². The zero-order chi connectivity index (χ0) is 11.0. The van der Waals surface area contributed by atoms with Gasteiger partial charge in [-0.3, -0.25) is 4.90 Å². The molecule has 1 saturated carbocycles. The molecule has 92 valence electrons. The third-order valence-corrected chi connectivity index (χ3v) is 5.04. The topological polar surface area (TPSA) is 38.5 Å². The molecule has 0 amide bonds. The molecule has 3 aliphatic rings. The van der Waals surface area contributed by atoms with E-state index in [1.54, 1.807) is 0 Å². The summed E-state index contributed by atoms with van der Waals surface area (Å²) in [6.07, 6.45) is 7.87. The highest BCUT2D eigenvalue weighted by Crippen LogP contribution is 2.43. The average Bonchev–Trinajstić information content (AvgIpc) is 2.86. The van der Waals surface area contributed by atoms with Crippen molar-refractivity contribution < 1.29 is 4.74 Å². The SMILES string of the molecule is NCC1(N2CC3CCC2C3)CCCOCC1. The highest BCUT2D eigenvalue weighted by atomic mass is 16.5. The van der Waals surface area contributed by atoms with Gasteiger partial charge in [0.1, 0.15) is 0 Å². The fourth-order valence-electron chi connectivity index (χ4n) is 4.11. The van der Waals surface area contributed by atoms with Crippen molar-refractivity contribution in [2.24, 2.45) is 11.7 Å². The van der Waals surface area contributed by atoms with Gasteiger partial charge in [-0.15, -0.1) is 0 Å². The maximum absolute atomic E-state index is 6.12. The smallest absolute Gasteiger partial charge is 0.0484 e. The summed E-state index contributed by atoms with van der Waals surface area (Å²) < 4.78 is 5.61. The predicted molar refractivity (Wildman–Crippen MR) is 64.3 cm³/mol. The Morgan fingerprint density at radius 2 is 2.19 bits per heavy atom. The van der Waals surface area contributed by atoms with Crippen LogP contribution in [-0.2, 0) is 4.74 Å². The molecule has 0 aromatic heterocycles. The molecule has 0 aromatic carbocycles. The van der Waals surface area contributed by atoms with Gasteiger partial charge in [0.05, 0.1) is 0 Å². The molecule has 3 atom stereocenters. The fourth-order valence-corrected chi connectivity index (χ4v) is 4.11. The van der Waals surface area contributed by atoms with Crippen LogP contribution < -0.4 is 5.73 Å². The summed E-state index contributed by atoms with van der Waals surface area (Å²) in [5.74, 6) is 0.970. The molecular weight excluding hydrogens is 200 g/mol. The number of nitrogens with zero attached hydrogens (tertiary/aromatic N) is 1. The van der Waals surface area contributed by atoms with Gasteiger partial charge in [-0.05, 0) is 44.4 Å². The van der Waals surface area contributed by atoms with Crippen molar-refractivity contribution in [2.75, 3.05) is 26.3 Å². The van der Waals surface area contributed by atoms with Crippen molar-refractivity contribution in [2.45, 2.75) is 50.1 Å². The number of hydrogen-bond donors (Lipinski definition) is 1. The summed E-state index contributed by atoms with van der Waals surface area (Å²) in [4.78, 5) is 2.76. The van der Waals surface area contributed by atoms with E-state index in [9.17, 15) is 0 Å². The monoisotopic (exact) mass is 224 g/mol. The first kappa shape index (κ1) is 11.0.